The quantitative estimate of drug-likeness (QED) is 0.707. The summed E-state index contributed by atoms with van der Waals surface area (Å²) in [5.74, 6) is 0.231. The second kappa shape index (κ2) is 8.81. The fourth-order valence-electron chi connectivity index (χ4n) is 4.11. The number of hydrogen-bond donors (Lipinski definition) is 1. The number of hydrogen-bond acceptors (Lipinski definition) is 2. The largest absolute Gasteiger partial charge is 0.325 e. The lowest BCUT2D eigenvalue weighted by Gasteiger charge is -2.22. The second-order valence-electron chi connectivity index (χ2n) is 8.50. The van der Waals surface area contributed by atoms with Gasteiger partial charge in [0.05, 0.1) is 5.92 Å². The van der Waals surface area contributed by atoms with Gasteiger partial charge in [-0.25, -0.2) is 0 Å². The lowest BCUT2D eigenvalue weighted by molar-refractivity contribution is -0.122. The number of aryl methyl sites for hydroxylation is 1. The molecule has 4 heteroatoms. The predicted molar refractivity (Wildman–Crippen MR) is 120 cm³/mol. The molecule has 154 valence electrons. The Morgan fingerprint density at radius 1 is 1.03 bits per heavy atom. The van der Waals surface area contributed by atoms with Crippen molar-refractivity contribution in [2.24, 2.45) is 5.92 Å². The Bertz CT molecular complexity index is 875. The van der Waals surface area contributed by atoms with Crippen molar-refractivity contribution in [2.45, 2.75) is 59.3 Å². The standard InChI is InChI=1S/C25H32N2O2/c1-6-18-10-7-8-13-22(18)27-15-19(14-23(27)28)25(29)26-24-20(16(2)3)11-9-12-21(24)17(4)5/h7-13,16-17,19H,6,14-15H2,1-5H3,(H,26,29)/t19-/m1/s1. The number of nitrogens with one attached hydrogen (secondary N) is 1. The third-order valence-corrected chi connectivity index (χ3v) is 5.78. The van der Waals surface area contributed by atoms with E-state index in [0.29, 0.717) is 18.4 Å². The molecule has 1 fully saturated rings. The highest BCUT2D eigenvalue weighted by Gasteiger charge is 2.36. The zero-order chi connectivity index (χ0) is 21.1. The smallest absolute Gasteiger partial charge is 0.229 e. The zero-order valence-electron chi connectivity index (χ0n) is 18.2. The Balaban J connectivity index is 1.84. The van der Waals surface area contributed by atoms with Crippen molar-refractivity contribution in [3.05, 3.63) is 59.2 Å². The molecular formula is C25H32N2O2. The fourth-order valence-corrected chi connectivity index (χ4v) is 4.11. The Kier molecular flexibility index (Phi) is 6.41. The molecule has 1 aliphatic rings. The molecule has 3 rings (SSSR count). The molecule has 29 heavy (non-hydrogen) atoms. The van der Waals surface area contributed by atoms with Crippen molar-refractivity contribution >= 4 is 23.2 Å². The van der Waals surface area contributed by atoms with E-state index in [1.54, 1.807) is 4.90 Å². The van der Waals surface area contributed by atoms with Gasteiger partial charge in [0.25, 0.3) is 0 Å². The van der Waals surface area contributed by atoms with E-state index < -0.39 is 0 Å². The number of para-hydroxylation sites is 2. The summed E-state index contributed by atoms with van der Waals surface area (Å²) < 4.78 is 0. The number of benzene rings is 2. The van der Waals surface area contributed by atoms with E-state index in [4.69, 9.17) is 0 Å². The molecule has 1 aliphatic heterocycles. The normalized spacial score (nSPS) is 16.7. The summed E-state index contributed by atoms with van der Waals surface area (Å²) in [4.78, 5) is 27.6. The first-order valence-electron chi connectivity index (χ1n) is 10.6. The van der Waals surface area contributed by atoms with Crippen LogP contribution in [0.5, 0.6) is 0 Å². The van der Waals surface area contributed by atoms with E-state index in [0.717, 1.165) is 34.5 Å². The van der Waals surface area contributed by atoms with Crippen LogP contribution in [-0.4, -0.2) is 18.4 Å². The molecule has 0 radical (unpaired) electrons. The van der Waals surface area contributed by atoms with Gasteiger partial charge >= 0.3 is 0 Å². The van der Waals surface area contributed by atoms with Crippen LogP contribution in [0, 0.1) is 5.92 Å². The van der Waals surface area contributed by atoms with E-state index in [9.17, 15) is 9.59 Å². The minimum Gasteiger partial charge on any atom is -0.325 e. The summed E-state index contributed by atoms with van der Waals surface area (Å²) in [7, 11) is 0. The molecule has 0 aromatic heterocycles. The lowest BCUT2D eigenvalue weighted by atomic mass is 9.92. The van der Waals surface area contributed by atoms with Gasteiger partial charge < -0.3 is 10.2 Å². The van der Waals surface area contributed by atoms with E-state index in [-0.39, 0.29) is 24.2 Å². The Hall–Kier alpha value is -2.62. The van der Waals surface area contributed by atoms with Crippen LogP contribution >= 0.6 is 0 Å². The van der Waals surface area contributed by atoms with Crippen molar-refractivity contribution in [2.75, 3.05) is 16.8 Å². The predicted octanol–water partition coefficient (Wildman–Crippen LogP) is 5.49. The summed E-state index contributed by atoms with van der Waals surface area (Å²) in [6.45, 7) is 11.1. The minimum absolute atomic E-state index is 0.0206. The van der Waals surface area contributed by atoms with Gasteiger partial charge in [0.2, 0.25) is 11.8 Å². The van der Waals surface area contributed by atoms with Gasteiger partial charge in [-0.3, -0.25) is 9.59 Å². The van der Waals surface area contributed by atoms with Crippen molar-refractivity contribution in [1.29, 1.82) is 0 Å². The average molecular weight is 393 g/mol. The summed E-state index contributed by atoms with van der Waals surface area (Å²) >= 11 is 0. The van der Waals surface area contributed by atoms with E-state index >= 15 is 0 Å². The highest BCUT2D eigenvalue weighted by molar-refractivity contribution is 6.04. The summed E-state index contributed by atoms with van der Waals surface area (Å²) in [5, 5.41) is 3.19. The molecule has 2 aromatic rings. The maximum Gasteiger partial charge on any atom is 0.229 e. The molecule has 0 saturated carbocycles. The van der Waals surface area contributed by atoms with Crippen LogP contribution in [0.3, 0.4) is 0 Å². The first-order chi connectivity index (χ1) is 13.8. The number of amides is 2. The first kappa shape index (κ1) is 21.1. The molecule has 2 aromatic carbocycles. The van der Waals surface area contributed by atoms with E-state index in [2.05, 4.69) is 58.1 Å². The Morgan fingerprint density at radius 2 is 1.66 bits per heavy atom. The van der Waals surface area contributed by atoms with Crippen LogP contribution in [0.4, 0.5) is 11.4 Å². The topological polar surface area (TPSA) is 49.4 Å². The Labute approximate surface area is 174 Å². The molecular weight excluding hydrogens is 360 g/mol. The van der Waals surface area contributed by atoms with Gasteiger partial charge in [-0.05, 0) is 41.0 Å². The molecule has 2 amide bonds. The van der Waals surface area contributed by atoms with Gasteiger partial charge in [-0.15, -0.1) is 0 Å². The molecule has 0 unspecified atom stereocenters. The van der Waals surface area contributed by atoms with Gasteiger partial charge in [0, 0.05) is 24.3 Å². The van der Waals surface area contributed by atoms with Crippen LogP contribution < -0.4 is 10.2 Å². The van der Waals surface area contributed by atoms with Crippen molar-refractivity contribution in [3.63, 3.8) is 0 Å². The van der Waals surface area contributed by atoms with Crippen LogP contribution in [0.25, 0.3) is 0 Å². The molecule has 1 atom stereocenters. The molecule has 0 aliphatic carbocycles. The monoisotopic (exact) mass is 392 g/mol. The second-order valence-corrected chi connectivity index (χ2v) is 8.50. The highest BCUT2D eigenvalue weighted by Crippen LogP contribution is 2.34. The minimum atomic E-state index is -0.340. The lowest BCUT2D eigenvalue weighted by Crippen LogP contribution is -2.29. The van der Waals surface area contributed by atoms with Gasteiger partial charge in [-0.2, -0.15) is 0 Å². The van der Waals surface area contributed by atoms with Crippen molar-refractivity contribution in [1.82, 2.24) is 0 Å². The zero-order valence-corrected chi connectivity index (χ0v) is 18.2. The number of rotatable bonds is 6. The molecule has 0 bridgehead atoms. The number of anilines is 2. The molecule has 4 nitrogen and oxygen atoms in total. The van der Waals surface area contributed by atoms with Gasteiger partial charge in [0.1, 0.15) is 0 Å². The first-order valence-corrected chi connectivity index (χ1v) is 10.6. The van der Waals surface area contributed by atoms with Gasteiger partial charge in [-0.1, -0.05) is 71.0 Å². The fraction of sp³-hybridized carbons (Fsp3) is 0.440. The number of carbonyl (C=O) groups is 2. The number of nitrogens with zero attached hydrogens (tertiary/aromatic N) is 1. The maximum atomic E-state index is 13.2. The summed E-state index contributed by atoms with van der Waals surface area (Å²) in [6, 6.07) is 14.2. The third kappa shape index (κ3) is 4.36. The maximum absolute atomic E-state index is 13.2. The SMILES string of the molecule is CCc1ccccc1N1C[C@H](C(=O)Nc2c(C(C)C)cccc2C(C)C)CC1=O. The molecule has 0 spiro atoms. The van der Waals surface area contributed by atoms with Crippen LogP contribution in [0.2, 0.25) is 0 Å². The molecule has 1 heterocycles. The number of carbonyl (C=O) groups excluding carboxylic acids is 2. The van der Waals surface area contributed by atoms with Crippen LogP contribution in [0.15, 0.2) is 42.5 Å². The molecule has 1 N–H and O–H groups in total. The average Bonchev–Trinajstić information content (AvgIpc) is 3.09. The Morgan fingerprint density at radius 3 is 2.24 bits per heavy atom. The van der Waals surface area contributed by atoms with E-state index in [1.165, 1.54) is 0 Å². The van der Waals surface area contributed by atoms with Crippen LogP contribution in [0.1, 0.15) is 69.6 Å². The summed E-state index contributed by atoms with van der Waals surface area (Å²) in [6.07, 6.45) is 1.11. The van der Waals surface area contributed by atoms with E-state index in [1.807, 2.05) is 24.3 Å². The third-order valence-electron chi connectivity index (χ3n) is 5.78. The van der Waals surface area contributed by atoms with Crippen molar-refractivity contribution < 1.29 is 9.59 Å². The van der Waals surface area contributed by atoms with Crippen LogP contribution in [-0.2, 0) is 16.0 Å². The van der Waals surface area contributed by atoms with Gasteiger partial charge in [0.15, 0.2) is 0 Å². The molecule has 1 saturated heterocycles. The van der Waals surface area contributed by atoms with Crippen molar-refractivity contribution in [3.8, 4) is 0 Å². The highest BCUT2D eigenvalue weighted by atomic mass is 16.2. The summed E-state index contributed by atoms with van der Waals surface area (Å²) in [5.41, 5.74) is 5.27.